The highest BCUT2D eigenvalue weighted by Gasteiger charge is 2.19. The van der Waals surface area contributed by atoms with Gasteiger partial charge in [0.25, 0.3) is 0 Å². The molecule has 0 atom stereocenters. The Morgan fingerprint density at radius 3 is 1.39 bits per heavy atom. The summed E-state index contributed by atoms with van der Waals surface area (Å²) in [5.41, 5.74) is 6.63. The Morgan fingerprint density at radius 1 is 0.306 bits per heavy atom. The first-order valence-corrected chi connectivity index (χ1v) is 16.5. The molecule has 0 amide bonds. The molecule has 0 aliphatic heterocycles. The average Bonchev–Trinajstić information content (AvgIpc) is 3.58. The van der Waals surface area contributed by atoms with Crippen molar-refractivity contribution in [1.29, 1.82) is 0 Å². The second-order valence-corrected chi connectivity index (χ2v) is 12.4. The van der Waals surface area contributed by atoms with Gasteiger partial charge < -0.3 is 4.42 Å². The summed E-state index contributed by atoms with van der Waals surface area (Å²) in [6.07, 6.45) is 0. The molecule has 0 unspecified atom stereocenters. The van der Waals surface area contributed by atoms with Crippen LogP contribution >= 0.6 is 0 Å². The van der Waals surface area contributed by atoms with Crippen molar-refractivity contribution in [2.75, 3.05) is 0 Å². The van der Waals surface area contributed by atoms with E-state index in [0.29, 0.717) is 17.5 Å². The number of fused-ring (bicyclic) bond motifs is 10. The molecule has 2 heterocycles. The molecule has 0 radical (unpaired) electrons. The minimum Gasteiger partial charge on any atom is -0.455 e. The van der Waals surface area contributed by atoms with Gasteiger partial charge in [0.2, 0.25) is 0 Å². The first-order valence-electron chi connectivity index (χ1n) is 16.5. The van der Waals surface area contributed by atoms with Gasteiger partial charge in [0.15, 0.2) is 17.5 Å². The normalized spacial score (nSPS) is 11.7. The van der Waals surface area contributed by atoms with Crippen molar-refractivity contribution in [3.63, 3.8) is 0 Å². The monoisotopic (exact) mass is 625 g/mol. The summed E-state index contributed by atoms with van der Waals surface area (Å²) in [6, 6.07) is 56.7. The number of hydrogen-bond donors (Lipinski definition) is 0. The predicted molar refractivity (Wildman–Crippen MR) is 201 cm³/mol. The van der Waals surface area contributed by atoms with Crippen molar-refractivity contribution in [2.45, 2.75) is 0 Å². The van der Waals surface area contributed by atoms with Crippen LogP contribution in [0.25, 0.3) is 99.5 Å². The number of hydrogen-bond acceptors (Lipinski definition) is 4. The number of rotatable bonds is 4. The largest absolute Gasteiger partial charge is 0.455 e. The number of nitrogens with zero attached hydrogens (tertiary/aromatic N) is 3. The van der Waals surface area contributed by atoms with Gasteiger partial charge >= 0.3 is 0 Å². The first-order chi connectivity index (χ1) is 24.3. The second kappa shape index (κ2) is 11.0. The highest BCUT2D eigenvalue weighted by atomic mass is 16.3. The third kappa shape index (κ3) is 4.42. The molecular formula is C45H27N3O. The van der Waals surface area contributed by atoms with E-state index in [0.717, 1.165) is 55.1 Å². The minimum absolute atomic E-state index is 0.621. The molecule has 0 spiro atoms. The molecule has 228 valence electrons. The molecule has 0 saturated heterocycles. The summed E-state index contributed by atoms with van der Waals surface area (Å²) in [5, 5.41) is 9.46. The molecule has 4 nitrogen and oxygen atoms in total. The van der Waals surface area contributed by atoms with E-state index in [-0.39, 0.29) is 0 Å². The maximum absolute atomic E-state index is 6.97. The minimum atomic E-state index is 0.621. The Balaban J connectivity index is 1.18. The number of aromatic nitrogens is 3. The third-order valence-electron chi connectivity index (χ3n) is 9.50. The molecule has 10 rings (SSSR count). The standard InChI is InChI=1S/C45H27N3O/c1-3-13-28(14-4-1)43-46-44(29-15-5-2-6-16-29)48-45(47-43)31-18-11-17-30(27-31)32-23-12-24-38-39-26-25-37-35-21-8-7-19-33(35)34-20-9-10-22-36(34)40(37)42(39)49-41(32)38/h1-27H. The van der Waals surface area contributed by atoms with Crippen LogP contribution in [0.1, 0.15) is 0 Å². The Kier molecular flexibility index (Phi) is 6.15. The van der Waals surface area contributed by atoms with Gasteiger partial charge in [-0.15, -0.1) is 0 Å². The Morgan fingerprint density at radius 2 is 0.735 bits per heavy atom. The molecule has 49 heavy (non-hydrogen) atoms. The van der Waals surface area contributed by atoms with Crippen LogP contribution in [0.2, 0.25) is 0 Å². The topological polar surface area (TPSA) is 51.8 Å². The van der Waals surface area contributed by atoms with Crippen LogP contribution in [0, 0.1) is 0 Å². The fraction of sp³-hybridized carbons (Fsp3) is 0. The van der Waals surface area contributed by atoms with Crippen molar-refractivity contribution < 1.29 is 4.42 Å². The zero-order chi connectivity index (χ0) is 32.3. The van der Waals surface area contributed by atoms with Crippen LogP contribution in [-0.4, -0.2) is 15.0 Å². The molecule has 0 saturated carbocycles. The van der Waals surface area contributed by atoms with Crippen molar-refractivity contribution in [2.24, 2.45) is 0 Å². The fourth-order valence-electron chi connectivity index (χ4n) is 7.23. The summed E-state index contributed by atoms with van der Waals surface area (Å²) in [7, 11) is 0. The summed E-state index contributed by atoms with van der Waals surface area (Å²) in [6.45, 7) is 0. The molecule has 0 aliphatic rings. The first kappa shape index (κ1) is 27.5. The van der Waals surface area contributed by atoms with Crippen molar-refractivity contribution in [3.8, 4) is 45.3 Å². The lowest BCUT2D eigenvalue weighted by Crippen LogP contribution is -2.00. The molecule has 4 heteroatoms. The molecule has 0 N–H and O–H groups in total. The molecule has 0 fully saturated rings. The van der Waals surface area contributed by atoms with Gasteiger partial charge in [0, 0.05) is 38.4 Å². The van der Waals surface area contributed by atoms with E-state index in [9.17, 15) is 0 Å². The third-order valence-corrected chi connectivity index (χ3v) is 9.50. The van der Waals surface area contributed by atoms with Crippen LogP contribution in [-0.2, 0) is 0 Å². The van der Waals surface area contributed by atoms with Gasteiger partial charge in [0.1, 0.15) is 11.2 Å². The van der Waals surface area contributed by atoms with Gasteiger partial charge in [-0.3, -0.25) is 0 Å². The van der Waals surface area contributed by atoms with E-state index >= 15 is 0 Å². The molecule has 2 aromatic heterocycles. The lowest BCUT2D eigenvalue weighted by atomic mass is 9.93. The van der Waals surface area contributed by atoms with Crippen molar-refractivity contribution >= 4 is 54.3 Å². The van der Waals surface area contributed by atoms with Gasteiger partial charge in [-0.2, -0.15) is 0 Å². The molecule has 8 aromatic carbocycles. The van der Waals surface area contributed by atoms with E-state index in [1.165, 1.54) is 26.9 Å². The van der Waals surface area contributed by atoms with E-state index in [2.05, 4.69) is 103 Å². The summed E-state index contributed by atoms with van der Waals surface area (Å²) in [5.74, 6) is 1.90. The number of benzene rings is 8. The SMILES string of the molecule is c1ccc(-c2nc(-c3ccccc3)nc(-c3cccc(-c4cccc5c4oc4c5ccc5c6ccccc6c6ccccc6c54)c3)n2)cc1. The van der Waals surface area contributed by atoms with Crippen LogP contribution in [0.3, 0.4) is 0 Å². The molecular weight excluding hydrogens is 599 g/mol. The van der Waals surface area contributed by atoms with E-state index in [1.54, 1.807) is 0 Å². The molecule has 10 aromatic rings. The highest BCUT2D eigenvalue weighted by molar-refractivity contribution is 6.32. The van der Waals surface area contributed by atoms with Crippen LogP contribution < -0.4 is 0 Å². The quantitative estimate of drug-likeness (QED) is 0.183. The van der Waals surface area contributed by atoms with Crippen molar-refractivity contribution in [1.82, 2.24) is 15.0 Å². The van der Waals surface area contributed by atoms with E-state index in [1.807, 2.05) is 60.7 Å². The summed E-state index contributed by atoms with van der Waals surface area (Å²) in [4.78, 5) is 14.8. The summed E-state index contributed by atoms with van der Waals surface area (Å²) < 4.78 is 6.97. The van der Waals surface area contributed by atoms with E-state index in [4.69, 9.17) is 19.4 Å². The van der Waals surface area contributed by atoms with Gasteiger partial charge in [0.05, 0.1) is 0 Å². The number of furan rings is 1. The Bertz CT molecular complexity index is 2780. The van der Waals surface area contributed by atoms with Crippen molar-refractivity contribution in [3.05, 3.63) is 164 Å². The fourth-order valence-corrected chi connectivity index (χ4v) is 7.23. The maximum Gasteiger partial charge on any atom is 0.164 e. The molecule has 0 aliphatic carbocycles. The zero-order valence-electron chi connectivity index (χ0n) is 26.3. The Hall–Kier alpha value is -6.65. The number of para-hydroxylation sites is 1. The summed E-state index contributed by atoms with van der Waals surface area (Å²) >= 11 is 0. The molecule has 0 bridgehead atoms. The Labute approximate surface area is 282 Å². The van der Waals surface area contributed by atoms with Crippen LogP contribution in [0.15, 0.2) is 168 Å². The van der Waals surface area contributed by atoms with Crippen LogP contribution in [0.4, 0.5) is 0 Å². The van der Waals surface area contributed by atoms with Gasteiger partial charge in [-0.25, -0.2) is 15.0 Å². The smallest absolute Gasteiger partial charge is 0.164 e. The van der Waals surface area contributed by atoms with Crippen LogP contribution in [0.5, 0.6) is 0 Å². The maximum atomic E-state index is 6.97. The highest BCUT2D eigenvalue weighted by Crippen LogP contribution is 2.44. The zero-order valence-corrected chi connectivity index (χ0v) is 26.3. The van der Waals surface area contributed by atoms with E-state index < -0.39 is 0 Å². The van der Waals surface area contributed by atoms with Gasteiger partial charge in [-0.1, -0.05) is 152 Å². The average molecular weight is 626 g/mol. The lowest BCUT2D eigenvalue weighted by molar-refractivity contribution is 0.674. The second-order valence-electron chi connectivity index (χ2n) is 12.4. The lowest BCUT2D eigenvalue weighted by Gasteiger charge is -2.10. The predicted octanol–water partition coefficient (Wildman–Crippen LogP) is 11.9. The van der Waals surface area contributed by atoms with Gasteiger partial charge in [-0.05, 0) is 44.6 Å².